The van der Waals surface area contributed by atoms with Crippen LogP contribution in [-0.2, 0) is 4.74 Å². The van der Waals surface area contributed by atoms with E-state index >= 15 is 0 Å². The molecule has 1 aromatic rings. The predicted octanol–water partition coefficient (Wildman–Crippen LogP) is 0.559. The second-order valence-electron chi connectivity index (χ2n) is 4.53. The number of morpholine rings is 1. The minimum absolute atomic E-state index is 0.00328. The van der Waals surface area contributed by atoms with Crippen molar-refractivity contribution in [1.29, 1.82) is 0 Å². The lowest BCUT2D eigenvalue weighted by Crippen LogP contribution is -2.48. The van der Waals surface area contributed by atoms with Crippen molar-refractivity contribution in [3.05, 3.63) is 23.9 Å². The number of pyridine rings is 1. The number of aliphatic hydroxyl groups excluding tert-OH is 1. The number of aliphatic hydroxyl groups is 1. The first-order valence-corrected chi connectivity index (χ1v) is 6.35. The molecule has 0 amide bonds. The highest BCUT2D eigenvalue weighted by atomic mass is 16.5. The fourth-order valence-electron chi connectivity index (χ4n) is 2.23. The molecule has 0 aromatic carbocycles. The van der Waals surface area contributed by atoms with Crippen molar-refractivity contribution in [2.75, 3.05) is 38.3 Å². The Kier molecular flexibility index (Phi) is 4.52. The maximum absolute atomic E-state index is 9.44. The molecule has 100 valence electrons. The summed E-state index contributed by atoms with van der Waals surface area (Å²) in [6.07, 6.45) is 1.80. The number of rotatable bonds is 4. The van der Waals surface area contributed by atoms with Gasteiger partial charge in [0.25, 0.3) is 0 Å². The van der Waals surface area contributed by atoms with Crippen molar-refractivity contribution < 1.29 is 9.84 Å². The monoisotopic (exact) mass is 251 g/mol. The maximum atomic E-state index is 9.44. The molecule has 18 heavy (non-hydrogen) atoms. The van der Waals surface area contributed by atoms with Gasteiger partial charge >= 0.3 is 0 Å². The minimum atomic E-state index is -0.00328. The molecule has 2 N–H and O–H groups in total. The lowest BCUT2D eigenvalue weighted by atomic mass is 10.1. The smallest absolute Gasteiger partial charge is 0.133 e. The minimum Gasteiger partial charge on any atom is -0.394 e. The summed E-state index contributed by atoms with van der Waals surface area (Å²) >= 11 is 0. The van der Waals surface area contributed by atoms with Crippen LogP contribution in [0.15, 0.2) is 18.3 Å². The van der Waals surface area contributed by atoms with Gasteiger partial charge in [-0.05, 0) is 20.0 Å². The maximum Gasteiger partial charge on any atom is 0.133 e. The van der Waals surface area contributed by atoms with Crippen LogP contribution in [0.2, 0.25) is 0 Å². The first-order chi connectivity index (χ1) is 8.77. The van der Waals surface area contributed by atoms with E-state index in [0.29, 0.717) is 13.2 Å². The van der Waals surface area contributed by atoms with Crippen molar-refractivity contribution in [1.82, 2.24) is 10.3 Å². The van der Waals surface area contributed by atoms with E-state index in [0.717, 1.165) is 17.9 Å². The van der Waals surface area contributed by atoms with Gasteiger partial charge in [-0.25, -0.2) is 4.98 Å². The van der Waals surface area contributed by atoms with Gasteiger partial charge in [0.2, 0.25) is 0 Å². The second kappa shape index (κ2) is 6.13. The zero-order valence-electron chi connectivity index (χ0n) is 11.0. The topological polar surface area (TPSA) is 57.6 Å². The Labute approximate surface area is 108 Å². The van der Waals surface area contributed by atoms with Crippen LogP contribution in [0.25, 0.3) is 0 Å². The molecular formula is C13H21N3O2. The number of nitrogens with one attached hydrogen (secondary N) is 1. The normalized spacial score (nSPS) is 21.9. The number of hydrogen-bond acceptors (Lipinski definition) is 5. The summed E-state index contributed by atoms with van der Waals surface area (Å²) in [5.74, 6) is 0.946. The van der Waals surface area contributed by atoms with Crippen molar-refractivity contribution in [3.8, 4) is 0 Å². The average Bonchev–Trinajstić information content (AvgIpc) is 2.46. The van der Waals surface area contributed by atoms with Gasteiger partial charge in [0.15, 0.2) is 0 Å². The second-order valence-corrected chi connectivity index (χ2v) is 4.53. The molecule has 0 spiro atoms. The van der Waals surface area contributed by atoms with Gasteiger partial charge in [-0.2, -0.15) is 0 Å². The number of hydrogen-bond donors (Lipinski definition) is 2. The van der Waals surface area contributed by atoms with Gasteiger partial charge in [0.1, 0.15) is 5.82 Å². The van der Waals surface area contributed by atoms with Gasteiger partial charge in [-0.3, -0.25) is 0 Å². The Balaban J connectivity index is 2.30. The summed E-state index contributed by atoms with van der Waals surface area (Å²) in [5, 5.41) is 12.7. The van der Waals surface area contributed by atoms with Crippen LogP contribution in [0.5, 0.6) is 0 Å². The zero-order chi connectivity index (χ0) is 13.0. The summed E-state index contributed by atoms with van der Waals surface area (Å²) in [7, 11) is 1.93. The van der Waals surface area contributed by atoms with Crippen LogP contribution >= 0.6 is 0 Å². The average molecular weight is 251 g/mol. The van der Waals surface area contributed by atoms with Gasteiger partial charge in [-0.1, -0.05) is 6.07 Å². The number of anilines is 1. The molecular weight excluding hydrogens is 230 g/mol. The lowest BCUT2D eigenvalue weighted by molar-refractivity contribution is 0.0721. The third-order valence-corrected chi connectivity index (χ3v) is 3.43. The largest absolute Gasteiger partial charge is 0.394 e. The first kappa shape index (κ1) is 13.3. The van der Waals surface area contributed by atoms with E-state index in [4.69, 9.17) is 4.74 Å². The van der Waals surface area contributed by atoms with E-state index in [1.54, 1.807) is 6.20 Å². The molecule has 5 heteroatoms. The van der Waals surface area contributed by atoms with Crippen LogP contribution in [-0.4, -0.2) is 49.5 Å². The molecule has 0 aliphatic carbocycles. The quantitative estimate of drug-likeness (QED) is 0.819. The highest BCUT2D eigenvalue weighted by molar-refractivity contribution is 5.49. The summed E-state index contributed by atoms with van der Waals surface area (Å²) in [6, 6.07) is 4.25. The SMILES string of the molecule is CNC(C)c1cccnc1N1CCOCC1CO. The third kappa shape index (κ3) is 2.63. The number of nitrogens with zero attached hydrogens (tertiary/aromatic N) is 2. The van der Waals surface area contributed by atoms with Crippen molar-refractivity contribution >= 4 is 5.82 Å². The molecule has 2 unspecified atom stereocenters. The van der Waals surface area contributed by atoms with Crippen LogP contribution in [0.4, 0.5) is 5.82 Å². The summed E-state index contributed by atoms with van der Waals surface area (Å²) in [5.41, 5.74) is 1.15. The number of ether oxygens (including phenoxy) is 1. The van der Waals surface area contributed by atoms with Gasteiger partial charge in [0, 0.05) is 24.3 Å². The first-order valence-electron chi connectivity index (χ1n) is 6.35. The molecule has 1 saturated heterocycles. The van der Waals surface area contributed by atoms with Crippen LogP contribution in [0.1, 0.15) is 18.5 Å². The zero-order valence-corrected chi connectivity index (χ0v) is 11.0. The molecule has 1 aromatic heterocycles. The van der Waals surface area contributed by atoms with Gasteiger partial charge in [0.05, 0.1) is 25.9 Å². The number of aromatic nitrogens is 1. The van der Waals surface area contributed by atoms with Crippen molar-refractivity contribution in [2.24, 2.45) is 0 Å². The van der Waals surface area contributed by atoms with E-state index < -0.39 is 0 Å². The fraction of sp³-hybridized carbons (Fsp3) is 0.615. The molecule has 0 radical (unpaired) electrons. The molecule has 2 heterocycles. The Morgan fingerprint density at radius 3 is 3.22 bits per heavy atom. The summed E-state index contributed by atoms with van der Waals surface area (Å²) in [4.78, 5) is 6.63. The molecule has 2 rings (SSSR count). The molecule has 1 aliphatic heterocycles. The molecule has 0 bridgehead atoms. The Morgan fingerprint density at radius 1 is 1.67 bits per heavy atom. The summed E-state index contributed by atoms with van der Waals surface area (Å²) < 4.78 is 5.41. The van der Waals surface area contributed by atoms with Crippen molar-refractivity contribution in [3.63, 3.8) is 0 Å². The van der Waals surface area contributed by atoms with E-state index in [2.05, 4.69) is 28.2 Å². The van der Waals surface area contributed by atoms with Crippen molar-refractivity contribution in [2.45, 2.75) is 19.0 Å². The van der Waals surface area contributed by atoms with Crippen LogP contribution in [0, 0.1) is 0 Å². The molecule has 5 nitrogen and oxygen atoms in total. The molecule has 1 fully saturated rings. The highest BCUT2D eigenvalue weighted by Gasteiger charge is 2.26. The van der Waals surface area contributed by atoms with E-state index in [1.807, 2.05) is 13.1 Å². The van der Waals surface area contributed by atoms with E-state index in [9.17, 15) is 5.11 Å². The van der Waals surface area contributed by atoms with Gasteiger partial charge < -0.3 is 20.1 Å². The fourth-order valence-corrected chi connectivity index (χ4v) is 2.23. The predicted molar refractivity (Wildman–Crippen MR) is 70.8 cm³/mol. The van der Waals surface area contributed by atoms with Crippen LogP contribution < -0.4 is 10.2 Å². The Bertz CT molecular complexity index is 386. The van der Waals surface area contributed by atoms with E-state index in [1.165, 1.54) is 0 Å². The summed E-state index contributed by atoms with van der Waals surface area (Å²) in [6.45, 7) is 4.20. The molecule has 0 saturated carbocycles. The molecule has 2 atom stereocenters. The lowest BCUT2D eigenvalue weighted by Gasteiger charge is -2.37. The molecule has 1 aliphatic rings. The van der Waals surface area contributed by atoms with Crippen LogP contribution in [0.3, 0.4) is 0 Å². The Morgan fingerprint density at radius 2 is 2.50 bits per heavy atom. The third-order valence-electron chi connectivity index (χ3n) is 3.43. The highest BCUT2D eigenvalue weighted by Crippen LogP contribution is 2.26. The Hall–Kier alpha value is -1.17. The van der Waals surface area contributed by atoms with Gasteiger partial charge in [-0.15, -0.1) is 0 Å². The standard InChI is InChI=1S/C13H21N3O2/c1-10(14-2)12-4-3-5-15-13(12)16-6-7-18-9-11(16)8-17/h3-5,10-11,14,17H,6-9H2,1-2H3. The van der Waals surface area contributed by atoms with E-state index in [-0.39, 0.29) is 18.7 Å².